The van der Waals surface area contributed by atoms with Crippen molar-refractivity contribution < 1.29 is 19.1 Å². The molecule has 172 valence electrons. The summed E-state index contributed by atoms with van der Waals surface area (Å²) in [5.74, 6) is -0.200. The van der Waals surface area contributed by atoms with Gasteiger partial charge in [0.05, 0.1) is 13.2 Å². The predicted octanol–water partition coefficient (Wildman–Crippen LogP) is 6.75. The number of ketones is 1. The van der Waals surface area contributed by atoms with E-state index in [1.165, 1.54) is 5.57 Å². The lowest BCUT2D eigenvalue weighted by Crippen LogP contribution is -2.27. The number of Topliss-reactive ketones (excluding diaryl/α,β-unsaturated/α-hetero) is 1. The zero-order valence-corrected chi connectivity index (χ0v) is 19.9. The maximum Gasteiger partial charge on any atom is 0.333 e. The Balaban J connectivity index is 4.55. The molecule has 0 amide bonds. The molecule has 0 saturated carbocycles. The Kier molecular flexibility index (Phi) is 15.2. The average Bonchev–Trinajstić information content (AvgIpc) is 2.69. The Morgan fingerprint density at radius 2 is 1.43 bits per heavy atom. The molecule has 0 rings (SSSR count). The molecule has 0 N–H and O–H groups in total. The summed E-state index contributed by atoms with van der Waals surface area (Å²) in [4.78, 5) is 23.2. The third-order valence-electron chi connectivity index (χ3n) is 5.57. The lowest BCUT2D eigenvalue weighted by atomic mass is 9.76. The Hall–Kier alpha value is -1.68. The maximum atomic E-state index is 11.7. The van der Waals surface area contributed by atoms with Gasteiger partial charge >= 0.3 is 5.97 Å². The maximum absolute atomic E-state index is 11.7. The Morgan fingerprint density at radius 3 is 1.97 bits per heavy atom. The van der Waals surface area contributed by atoms with Crippen LogP contribution in [-0.4, -0.2) is 31.6 Å². The lowest BCUT2D eigenvalue weighted by Gasteiger charge is -2.33. The largest absolute Gasteiger partial charge is 0.462 e. The highest BCUT2D eigenvalue weighted by Gasteiger charge is 2.27. The second kappa shape index (κ2) is 16.1. The summed E-state index contributed by atoms with van der Waals surface area (Å²) in [6, 6.07) is 0. The molecule has 0 aliphatic heterocycles. The van der Waals surface area contributed by atoms with Crippen molar-refractivity contribution in [1.29, 1.82) is 0 Å². The number of hydrogen-bond acceptors (Lipinski definition) is 4. The van der Waals surface area contributed by atoms with Gasteiger partial charge in [0.25, 0.3) is 0 Å². The number of allylic oxidation sites excluding steroid dienone is 2. The van der Waals surface area contributed by atoms with Crippen LogP contribution >= 0.6 is 0 Å². The fraction of sp³-hybridized carbons (Fsp3) is 0.692. The van der Waals surface area contributed by atoms with Crippen LogP contribution in [0.15, 0.2) is 36.5 Å². The van der Waals surface area contributed by atoms with Crippen LogP contribution in [0.3, 0.4) is 0 Å². The minimum atomic E-state index is -0.316. The van der Waals surface area contributed by atoms with Gasteiger partial charge in [0.15, 0.2) is 5.78 Å². The monoisotopic (exact) mass is 420 g/mol. The zero-order valence-electron chi connectivity index (χ0n) is 19.9. The van der Waals surface area contributed by atoms with Crippen molar-refractivity contribution in [2.45, 2.75) is 91.9 Å². The molecule has 0 spiro atoms. The summed E-state index contributed by atoms with van der Waals surface area (Å²) < 4.78 is 11.2. The minimum absolute atomic E-state index is 0.115. The van der Waals surface area contributed by atoms with Crippen molar-refractivity contribution in [1.82, 2.24) is 0 Å². The van der Waals surface area contributed by atoms with Crippen molar-refractivity contribution in [3.63, 3.8) is 0 Å². The number of unbranched alkanes of at least 4 members (excludes halogenated alkanes) is 2. The summed E-state index contributed by atoms with van der Waals surface area (Å²) >= 11 is 0. The van der Waals surface area contributed by atoms with E-state index in [-0.39, 0.29) is 17.2 Å². The van der Waals surface area contributed by atoms with Gasteiger partial charge in [-0.2, -0.15) is 0 Å². The van der Waals surface area contributed by atoms with E-state index in [9.17, 15) is 9.59 Å². The molecule has 30 heavy (non-hydrogen) atoms. The third kappa shape index (κ3) is 13.5. The quantitative estimate of drug-likeness (QED) is 0.100. The number of hydrogen-bond donors (Lipinski definition) is 0. The van der Waals surface area contributed by atoms with Crippen molar-refractivity contribution in [3.05, 3.63) is 36.5 Å². The van der Waals surface area contributed by atoms with E-state index in [1.54, 1.807) is 13.8 Å². The van der Waals surface area contributed by atoms with Crippen molar-refractivity contribution in [3.8, 4) is 0 Å². The standard InChI is InChI=1S/C26H44O4/c1-8-26(16-10-9-14-21(2)3,17-11-12-19-30-25(28)23(6)7)20-29-18-13-15-24(27)22(4)5/h2,4,6,8-20H2,1,3,5,7H3. The second-order valence-electron chi connectivity index (χ2n) is 8.75. The molecule has 0 heterocycles. The Bertz CT molecular complexity index is 538. The van der Waals surface area contributed by atoms with Crippen molar-refractivity contribution in [2.24, 2.45) is 5.41 Å². The molecule has 0 aliphatic rings. The zero-order chi connectivity index (χ0) is 23.0. The normalized spacial score (nSPS) is 12.8. The minimum Gasteiger partial charge on any atom is -0.462 e. The van der Waals surface area contributed by atoms with Crippen LogP contribution < -0.4 is 0 Å². The van der Waals surface area contributed by atoms with E-state index in [1.807, 2.05) is 0 Å². The first-order chi connectivity index (χ1) is 14.1. The van der Waals surface area contributed by atoms with E-state index in [0.29, 0.717) is 37.4 Å². The topological polar surface area (TPSA) is 52.6 Å². The molecule has 0 bridgehead atoms. The molecule has 0 saturated heterocycles. The summed E-state index contributed by atoms with van der Waals surface area (Å²) in [6.07, 6.45) is 9.67. The lowest BCUT2D eigenvalue weighted by molar-refractivity contribution is -0.139. The predicted molar refractivity (Wildman–Crippen MR) is 126 cm³/mol. The van der Waals surface area contributed by atoms with Crippen LogP contribution in [0.2, 0.25) is 0 Å². The first kappa shape index (κ1) is 28.3. The fourth-order valence-corrected chi connectivity index (χ4v) is 3.38. The fourth-order valence-electron chi connectivity index (χ4n) is 3.38. The molecule has 4 nitrogen and oxygen atoms in total. The smallest absolute Gasteiger partial charge is 0.333 e. The molecule has 0 radical (unpaired) electrons. The van der Waals surface area contributed by atoms with Gasteiger partial charge in [-0.25, -0.2) is 4.79 Å². The molecule has 0 aromatic heterocycles. The first-order valence-electron chi connectivity index (χ1n) is 11.4. The Labute approximate surface area is 184 Å². The van der Waals surface area contributed by atoms with Gasteiger partial charge in [0.1, 0.15) is 0 Å². The molecule has 4 heteroatoms. The molecular weight excluding hydrogens is 376 g/mol. The highest BCUT2D eigenvalue weighted by molar-refractivity contribution is 5.94. The van der Waals surface area contributed by atoms with E-state index in [2.05, 4.69) is 33.6 Å². The number of rotatable bonds is 19. The van der Waals surface area contributed by atoms with Gasteiger partial charge < -0.3 is 9.47 Å². The molecule has 0 aliphatic carbocycles. The van der Waals surface area contributed by atoms with Gasteiger partial charge in [-0.15, -0.1) is 6.58 Å². The summed E-state index contributed by atoms with van der Waals surface area (Å²) in [7, 11) is 0. The number of carbonyl (C=O) groups is 2. The Morgan fingerprint density at radius 1 is 0.800 bits per heavy atom. The van der Waals surface area contributed by atoms with Crippen LogP contribution in [0.4, 0.5) is 0 Å². The molecule has 1 atom stereocenters. The van der Waals surface area contributed by atoms with Crippen LogP contribution in [-0.2, 0) is 19.1 Å². The van der Waals surface area contributed by atoms with E-state index >= 15 is 0 Å². The number of carbonyl (C=O) groups excluding carboxylic acids is 2. The summed E-state index contributed by atoms with van der Waals surface area (Å²) in [5, 5.41) is 0. The average molecular weight is 421 g/mol. The van der Waals surface area contributed by atoms with E-state index < -0.39 is 0 Å². The van der Waals surface area contributed by atoms with E-state index in [0.717, 1.165) is 57.8 Å². The molecule has 0 fully saturated rings. The van der Waals surface area contributed by atoms with E-state index in [4.69, 9.17) is 9.47 Å². The summed E-state index contributed by atoms with van der Waals surface area (Å²) in [6.45, 7) is 20.8. The molecule has 1 unspecified atom stereocenters. The molecule has 0 aromatic carbocycles. The van der Waals surface area contributed by atoms with Crippen molar-refractivity contribution >= 4 is 11.8 Å². The molecular formula is C26H44O4. The van der Waals surface area contributed by atoms with Gasteiger partial charge in [0.2, 0.25) is 0 Å². The number of ether oxygens (including phenoxy) is 2. The van der Waals surface area contributed by atoms with Crippen LogP contribution in [0.5, 0.6) is 0 Å². The third-order valence-corrected chi connectivity index (χ3v) is 5.57. The van der Waals surface area contributed by atoms with Crippen LogP contribution in [0.25, 0.3) is 0 Å². The molecule has 0 aromatic rings. The van der Waals surface area contributed by atoms with Gasteiger partial charge in [0, 0.05) is 18.6 Å². The highest BCUT2D eigenvalue weighted by atomic mass is 16.5. The highest BCUT2D eigenvalue weighted by Crippen LogP contribution is 2.35. The number of esters is 1. The van der Waals surface area contributed by atoms with Crippen LogP contribution in [0, 0.1) is 5.41 Å². The second-order valence-corrected chi connectivity index (χ2v) is 8.75. The SMILES string of the molecule is C=C(C)CCCCC(CC)(CCCCOC(=O)C(=C)C)COCCCC(=O)C(=C)C. The van der Waals surface area contributed by atoms with Gasteiger partial charge in [-0.1, -0.05) is 32.1 Å². The van der Waals surface area contributed by atoms with Gasteiger partial charge in [-0.3, -0.25) is 4.79 Å². The van der Waals surface area contributed by atoms with Crippen molar-refractivity contribution in [2.75, 3.05) is 19.8 Å². The van der Waals surface area contributed by atoms with Crippen LogP contribution in [0.1, 0.15) is 91.9 Å². The first-order valence-corrected chi connectivity index (χ1v) is 11.4. The van der Waals surface area contributed by atoms with Gasteiger partial charge in [-0.05, 0) is 83.1 Å². The summed E-state index contributed by atoms with van der Waals surface area (Å²) in [5.41, 5.74) is 2.41.